The van der Waals surface area contributed by atoms with Crippen LogP contribution in [0.2, 0.25) is 0 Å². The summed E-state index contributed by atoms with van der Waals surface area (Å²) < 4.78 is 13.0. The number of nitrogens with one attached hydrogen (secondary N) is 1. The average molecular weight is 237 g/mol. The van der Waals surface area contributed by atoms with Crippen LogP contribution < -0.4 is 5.32 Å². The second-order valence-electron chi connectivity index (χ2n) is 4.77. The third-order valence-corrected chi connectivity index (χ3v) is 3.39. The van der Waals surface area contributed by atoms with Crippen molar-refractivity contribution in [3.63, 3.8) is 0 Å². The molecule has 1 atom stereocenters. The Bertz CT molecular complexity index is 431. The first kappa shape index (κ1) is 12.0. The summed E-state index contributed by atoms with van der Waals surface area (Å²) in [5.74, 6) is -0.947. The lowest BCUT2D eigenvalue weighted by molar-refractivity contribution is -0.145. The molecule has 1 unspecified atom stereocenters. The maximum atomic E-state index is 13.0. The highest BCUT2D eigenvalue weighted by atomic mass is 19.1. The van der Waals surface area contributed by atoms with Crippen LogP contribution >= 0.6 is 0 Å². The lowest BCUT2D eigenvalue weighted by Crippen LogP contribution is -2.51. The molecule has 1 aromatic carbocycles. The molecule has 1 aromatic rings. The normalized spacial score (nSPS) is 18.7. The van der Waals surface area contributed by atoms with Crippen LogP contribution in [0.5, 0.6) is 0 Å². The molecule has 92 valence electrons. The first-order valence-corrected chi connectivity index (χ1v) is 5.75. The van der Waals surface area contributed by atoms with Crippen molar-refractivity contribution < 1.29 is 14.3 Å². The summed E-state index contributed by atoms with van der Waals surface area (Å²) in [4.78, 5) is 11.3. The van der Waals surface area contributed by atoms with Gasteiger partial charge in [-0.2, -0.15) is 0 Å². The summed E-state index contributed by atoms with van der Waals surface area (Å²) in [6.45, 7) is 2.07. The van der Waals surface area contributed by atoms with E-state index in [0.717, 1.165) is 18.4 Å². The van der Waals surface area contributed by atoms with Gasteiger partial charge in [0.2, 0.25) is 0 Å². The van der Waals surface area contributed by atoms with E-state index in [1.165, 1.54) is 12.1 Å². The molecule has 2 rings (SSSR count). The number of carbonyl (C=O) groups is 1. The van der Waals surface area contributed by atoms with Gasteiger partial charge in [0, 0.05) is 6.54 Å². The maximum absolute atomic E-state index is 13.0. The molecule has 0 spiro atoms. The fourth-order valence-electron chi connectivity index (χ4n) is 1.99. The van der Waals surface area contributed by atoms with Gasteiger partial charge in [0.15, 0.2) is 0 Å². The number of hydrogen-bond donors (Lipinski definition) is 2. The van der Waals surface area contributed by atoms with Crippen molar-refractivity contribution in [1.29, 1.82) is 0 Å². The molecule has 0 aromatic heterocycles. The number of aliphatic carboxylic acids is 1. The number of rotatable bonds is 5. The van der Waals surface area contributed by atoms with Crippen molar-refractivity contribution >= 4 is 5.97 Å². The van der Waals surface area contributed by atoms with E-state index in [1.54, 1.807) is 19.1 Å². The van der Waals surface area contributed by atoms with E-state index < -0.39 is 11.5 Å². The minimum atomic E-state index is -0.897. The Morgan fingerprint density at radius 1 is 1.59 bits per heavy atom. The van der Waals surface area contributed by atoms with E-state index in [4.69, 9.17) is 0 Å². The summed E-state index contributed by atoms with van der Waals surface area (Å²) in [5.41, 5.74) is -0.134. The van der Waals surface area contributed by atoms with E-state index >= 15 is 0 Å². The third-order valence-electron chi connectivity index (χ3n) is 3.39. The smallest absolute Gasteiger partial charge is 0.323 e. The monoisotopic (exact) mass is 237 g/mol. The van der Waals surface area contributed by atoms with Crippen molar-refractivity contribution in [2.24, 2.45) is 5.92 Å². The molecular formula is C13H16FNO2. The van der Waals surface area contributed by atoms with Crippen LogP contribution in [-0.2, 0) is 11.3 Å². The van der Waals surface area contributed by atoms with Gasteiger partial charge in [-0.3, -0.25) is 10.1 Å². The largest absolute Gasteiger partial charge is 0.480 e. The van der Waals surface area contributed by atoms with E-state index in [1.807, 2.05) is 0 Å². The molecule has 0 aliphatic heterocycles. The Labute approximate surface area is 99.7 Å². The molecule has 0 saturated heterocycles. The minimum absolute atomic E-state index is 0.188. The summed E-state index contributed by atoms with van der Waals surface area (Å²) in [5, 5.41) is 12.3. The Kier molecular flexibility index (Phi) is 3.15. The van der Waals surface area contributed by atoms with E-state index in [-0.39, 0.29) is 11.7 Å². The SMILES string of the molecule is CC(NCc1cccc(F)c1)(C(=O)O)C1CC1. The molecule has 1 fully saturated rings. The zero-order chi connectivity index (χ0) is 12.5. The maximum Gasteiger partial charge on any atom is 0.323 e. The van der Waals surface area contributed by atoms with Crippen LogP contribution in [0.25, 0.3) is 0 Å². The summed E-state index contributed by atoms with van der Waals surface area (Å²) in [6, 6.07) is 6.20. The lowest BCUT2D eigenvalue weighted by atomic mass is 9.95. The highest BCUT2D eigenvalue weighted by molar-refractivity contribution is 5.79. The molecule has 0 radical (unpaired) electrons. The quantitative estimate of drug-likeness (QED) is 0.825. The highest BCUT2D eigenvalue weighted by Gasteiger charge is 2.47. The van der Waals surface area contributed by atoms with E-state index in [0.29, 0.717) is 6.54 Å². The van der Waals surface area contributed by atoms with Crippen molar-refractivity contribution in [2.45, 2.75) is 31.8 Å². The molecule has 4 heteroatoms. The van der Waals surface area contributed by atoms with Crippen LogP contribution in [0, 0.1) is 11.7 Å². The second kappa shape index (κ2) is 4.45. The van der Waals surface area contributed by atoms with Gasteiger partial charge < -0.3 is 5.11 Å². The summed E-state index contributed by atoms with van der Waals surface area (Å²) in [6.07, 6.45) is 1.89. The highest BCUT2D eigenvalue weighted by Crippen LogP contribution is 2.39. The summed E-state index contributed by atoms with van der Waals surface area (Å²) >= 11 is 0. The molecule has 2 N–H and O–H groups in total. The summed E-state index contributed by atoms with van der Waals surface area (Å²) in [7, 11) is 0. The van der Waals surface area contributed by atoms with Crippen molar-refractivity contribution in [1.82, 2.24) is 5.32 Å². The van der Waals surface area contributed by atoms with Gasteiger partial charge in [-0.05, 0) is 43.4 Å². The molecule has 1 saturated carbocycles. The first-order chi connectivity index (χ1) is 8.02. The van der Waals surface area contributed by atoms with Gasteiger partial charge in [0.05, 0.1) is 0 Å². The average Bonchev–Trinajstić information content (AvgIpc) is 3.09. The number of carboxylic acids is 1. The zero-order valence-electron chi connectivity index (χ0n) is 9.74. The minimum Gasteiger partial charge on any atom is -0.480 e. The Morgan fingerprint density at radius 3 is 2.82 bits per heavy atom. The van der Waals surface area contributed by atoms with Crippen LogP contribution in [0.15, 0.2) is 24.3 Å². The van der Waals surface area contributed by atoms with E-state index in [2.05, 4.69) is 5.32 Å². The standard InChI is InChI=1S/C13H16FNO2/c1-13(12(16)17,10-5-6-10)15-8-9-3-2-4-11(14)7-9/h2-4,7,10,15H,5-6,8H2,1H3,(H,16,17). The number of carboxylic acid groups (broad SMARTS) is 1. The fourth-order valence-corrected chi connectivity index (χ4v) is 1.99. The van der Waals surface area contributed by atoms with Gasteiger partial charge in [0.1, 0.15) is 11.4 Å². The lowest BCUT2D eigenvalue weighted by Gasteiger charge is -2.26. The molecule has 1 aliphatic rings. The molecule has 3 nitrogen and oxygen atoms in total. The Hall–Kier alpha value is -1.42. The van der Waals surface area contributed by atoms with Crippen LogP contribution in [0.4, 0.5) is 4.39 Å². The topological polar surface area (TPSA) is 49.3 Å². The first-order valence-electron chi connectivity index (χ1n) is 5.75. The van der Waals surface area contributed by atoms with Gasteiger partial charge in [-0.1, -0.05) is 12.1 Å². The Morgan fingerprint density at radius 2 is 2.29 bits per heavy atom. The molecular weight excluding hydrogens is 221 g/mol. The second-order valence-corrected chi connectivity index (χ2v) is 4.77. The van der Waals surface area contributed by atoms with Crippen LogP contribution in [0.1, 0.15) is 25.3 Å². The van der Waals surface area contributed by atoms with Crippen molar-refractivity contribution in [3.05, 3.63) is 35.6 Å². The van der Waals surface area contributed by atoms with Crippen molar-refractivity contribution in [2.75, 3.05) is 0 Å². The van der Waals surface area contributed by atoms with Gasteiger partial charge >= 0.3 is 5.97 Å². The molecule has 1 aliphatic carbocycles. The van der Waals surface area contributed by atoms with Gasteiger partial charge in [0.25, 0.3) is 0 Å². The van der Waals surface area contributed by atoms with E-state index in [9.17, 15) is 14.3 Å². The van der Waals surface area contributed by atoms with Crippen molar-refractivity contribution in [3.8, 4) is 0 Å². The number of hydrogen-bond acceptors (Lipinski definition) is 2. The van der Waals surface area contributed by atoms with Crippen LogP contribution in [0.3, 0.4) is 0 Å². The molecule has 17 heavy (non-hydrogen) atoms. The molecule has 0 heterocycles. The predicted molar refractivity (Wildman–Crippen MR) is 62.0 cm³/mol. The molecule has 0 amide bonds. The Balaban J connectivity index is 2.03. The fraction of sp³-hybridized carbons (Fsp3) is 0.462. The third kappa shape index (κ3) is 2.64. The number of halogens is 1. The molecule has 0 bridgehead atoms. The zero-order valence-corrected chi connectivity index (χ0v) is 9.74. The van der Waals surface area contributed by atoms with Gasteiger partial charge in [-0.25, -0.2) is 4.39 Å². The predicted octanol–water partition coefficient (Wildman–Crippen LogP) is 2.17. The number of benzene rings is 1. The van der Waals surface area contributed by atoms with Gasteiger partial charge in [-0.15, -0.1) is 0 Å². The van der Waals surface area contributed by atoms with Crippen LogP contribution in [-0.4, -0.2) is 16.6 Å².